The number of hydrogen-bond acceptors (Lipinski definition) is 2. The Labute approximate surface area is 76.5 Å². The van der Waals surface area contributed by atoms with Crippen LogP contribution in [0.25, 0.3) is 0 Å². The van der Waals surface area contributed by atoms with Crippen LogP contribution in [0.15, 0.2) is 0 Å². The Morgan fingerprint density at radius 1 is 1.54 bits per heavy atom. The second-order valence-corrected chi connectivity index (χ2v) is 4.09. The maximum absolute atomic E-state index is 13.0. The fraction of sp³-hybridized carbons (Fsp3) is 0.889. The van der Waals surface area contributed by atoms with Gasteiger partial charge in [-0.3, -0.25) is 4.79 Å². The highest BCUT2D eigenvalue weighted by molar-refractivity contribution is 5.73. The van der Waals surface area contributed by atoms with Gasteiger partial charge in [0, 0.05) is 25.9 Å². The van der Waals surface area contributed by atoms with E-state index < -0.39 is 12.3 Å². The third kappa shape index (κ3) is 1.33. The molecule has 1 heterocycles. The van der Waals surface area contributed by atoms with Gasteiger partial charge in [-0.05, 0) is 12.3 Å². The molecule has 1 saturated heterocycles. The largest absolute Gasteiger partial charge is 0.390 e. The summed E-state index contributed by atoms with van der Waals surface area (Å²) in [5, 5.41) is 9.45. The van der Waals surface area contributed by atoms with E-state index >= 15 is 0 Å². The molecule has 1 saturated carbocycles. The zero-order valence-corrected chi connectivity index (χ0v) is 7.61. The van der Waals surface area contributed by atoms with Crippen LogP contribution in [-0.4, -0.2) is 41.3 Å². The molecule has 4 atom stereocenters. The van der Waals surface area contributed by atoms with Gasteiger partial charge in [0.25, 0.3) is 0 Å². The maximum Gasteiger partial charge on any atom is 0.219 e. The minimum Gasteiger partial charge on any atom is -0.390 e. The maximum atomic E-state index is 13.0. The summed E-state index contributed by atoms with van der Waals surface area (Å²) in [6.45, 7) is 2.67. The number of alkyl halides is 1. The van der Waals surface area contributed by atoms with Gasteiger partial charge in [-0.1, -0.05) is 0 Å². The number of amides is 1. The molecule has 0 bridgehead atoms. The van der Waals surface area contributed by atoms with Gasteiger partial charge in [0.2, 0.25) is 5.91 Å². The molecule has 4 heteroatoms. The number of halogens is 1. The number of carbonyl (C=O) groups is 1. The van der Waals surface area contributed by atoms with Gasteiger partial charge >= 0.3 is 0 Å². The summed E-state index contributed by atoms with van der Waals surface area (Å²) in [7, 11) is 0. The summed E-state index contributed by atoms with van der Waals surface area (Å²) < 4.78 is 13.0. The third-order valence-corrected chi connectivity index (χ3v) is 3.27. The van der Waals surface area contributed by atoms with E-state index in [9.17, 15) is 14.3 Å². The topological polar surface area (TPSA) is 40.5 Å². The predicted molar refractivity (Wildman–Crippen MR) is 44.8 cm³/mol. The van der Waals surface area contributed by atoms with Crippen molar-refractivity contribution in [3.63, 3.8) is 0 Å². The summed E-state index contributed by atoms with van der Waals surface area (Å²) in [5.41, 5.74) is 0. The first-order valence-corrected chi connectivity index (χ1v) is 4.67. The van der Waals surface area contributed by atoms with E-state index in [4.69, 9.17) is 0 Å². The van der Waals surface area contributed by atoms with Gasteiger partial charge in [0.05, 0.1) is 6.10 Å². The van der Waals surface area contributed by atoms with Crippen LogP contribution >= 0.6 is 0 Å². The van der Waals surface area contributed by atoms with Crippen molar-refractivity contribution in [3.8, 4) is 0 Å². The molecule has 0 radical (unpaired) electrons. The lowest BCUT2D eigenvalue weighted by Crippen LogP contribution is -2.31. The van der Waals surface area contributed by atoms with E-state index in [1.165, 1.54) is 6.92 Å². The van der Waals surface area contributed by atoms with Gasteiger partial charge in [-0.2, -0.15) is 0 Å². The predicted octanol–water partition coefficient (Wildman–Crippen LogP) is 0.184. The molecule has 2 aliphatic rings. The van der Waals surface area contributed by atoms with Crippen molar-refractivity contribution in [2.24, 2.45) is 11.8 Å². The smallest absolute Gasteiger partial charge is 0.219 e. The van der Waals surface area contributed by atoms with Gasteiger partial charge in [-0.25, -0.2) is 4.39 Å². The lowest BCUT2D eigenvalue weighted by molar-refractivity contribution is -0.128. The van der Waals surface area contributed by atoms with Crippen molar-refractivity contribution in [2.75, 3.05) is 13.1 Å². The first-order chi connectivity index (χ1) is 6.09. The van der Waals surface area contributed by atoms with Crippen LogP contribution in [0.1, 0.15) is 13.3 Å². The zero-order chi connectivity index (χ0) is 9.59. The van der Waals surface area contributed by atoms with Crippen molar-refractivity contribution in [1.82, 2.24) is 4.90 Å². The highest BCUT2D eigenvalue weighted by Gasteiger charge is 2.48. The van der Waals surface area contributed by atoms with E-state index in [1.54, 1.807) is 4.90 Å². The highest BCUT2D eigenvalue weighted by atomic mass is 19.1. The average Bonchev–Trinajstić information content (AvgIpc) is 2.55. The molecule has 0 unspecified atom stereocenters. The molecule has 1 aliphatic heterocycles. The fourth-order valence-electron chi connectivity index (χ4n) is 2.49. The molecule has 1 amide bonds. The summed E-state index contributed by atoms with van der Waals surface area (Å²) in [4.78, 5) is 12.7. The Hall–Kier alpha value is -0.640. The highest BCUT2D eigenvalue weighted by Crippen LogP contribution is 2.39. The summed E-state index contributed by atoms with van der Waals surface area (Å²) in [6.07, 6.45) is -1.52. The van der Waals surface area contributed by atoms with Crippen molar-refractivity contribution in [3.05, 3.63) is 0 Å². The number of rotatable bonds is 0. The molecule has 74 valence electrons. The molecule has 0 aromatic rings. The van der Waals surface area contributed by atoms with Crippen molar-refractivity contribution < 1.29 is 14.3 Å². The summed E-state index contributed by atoms with van der Waals surface area (Å²) in [6, 6.07) is 0. The summed E-state index contributed by atoms with van der Waals surface area (Å²) >= 11 is 0. The second-order valence-electron chi connectivity index (χ2n) is 4.09. The first-order valence-electron chi connectivity index (χ1n) is 4.67. The number of hydrogen-bond donors (Lipinski definition) is 1. The molecular formula is C9H14FNO2. The van der Waals surface area contributed by atoms with E-state index in [-0.39, 0.29) is 17.7 Å². The number of carbonyl (C=O) groups excluding carboxylic acids is 1. The minimum atomic E-state index is -1.08. The Balaban J connectivity index is 2.04. The van der Waals surface area contributed by atoms with Gasteiger partial charge in [0.15, 0.2) is 0 Å². The Kier molecular flexibility index (Phi) is 2.02. The molecule has 0 spiro atoms. The van der Waals surface area contributed by atoms with E-state index in [1.807, 2.05) is 0 Å². The second kappa shape index (κ2) is 2.94. The molecule has 13 heavy (non-hydrogen) atoms. The van der Waals surface area contributed by atoms with Gasteiger partial charge in [-0.15, -0.1) is 0 Å². The zero-order valence-electron chi connectivity index (χ0n) is 7.61. The molecule has 3 nitrogen and oxygen atoms in total. The van der Waals surface area contributed by atoms with E-state index in [2.05, 4.69) is 0 Å². The number of fused-ring (bicyclic) bond motifs is 1. The van der Waals surface area contributed by atoms with Gasteiger partial charge in [0.1, 0.15) is 6.17 Å². The summed E-state index contributed by atoms with van der Waals surface area (Å²) in [5.74, 6) is 0.171. The van der Waals surface area contributed by atoms with Crippen LogP contribution < -0.4 is 0 Å². The number of likely N-dealkylation sites (tertiary alicyclic amines) is 1. The average molecular weight is 187 g/mol. The van der Waals surface area contributed by atoms with Crippen LogP contribution in [0, 0.1) is 11.8 Å². The standard InChI is InChI=1S/C9H14FNO2/c1-5(12)11-3-6-2-8(10)9(13)7(6)4-11/h6-9,13H,2-4H2,1H3/t6-,7+,8+,9+/m0/s1. The van der Waals surface area contributed by atoms with Crippen molar-refractivity contribution in [1.29, 1.82) is 0 Å². The normalized spacial score (nSPS) is 43.8. The first kappa shape index (κ1) is 8.94. The molecule has 0 aromatic heterocycles. The Bertz CT molecular complexity index is 234. The van der Waals surface area contributed by atoms with Crippen LogP contribution in [0.5, 0.6) is 0 Å². The molecule has 1 N–H and O–H groups in total. The van der Waals surface area contributed by atoms with Crippen molar-refractivity contribution >= 4 is 5.91 Å². The molecular weight excluding hydrogens is 173 g/mol. The van der Waals surface area contributed by atoms with Crippen LogP contribution in [0.3, 0.4) is 0 Å². The molecule has 2 rings (SSSR count). The SMILES string of the molecule is CC(=O)N1C[C@@H]2C[C@@H](F)[C@H](O)[C@@H]2C1. The van der Waals surface area contributed by atoms with Crippen molar-refractivity contribution in [2.45, 2.75) is 25.6 Å². The van der Waals surface area contributed by atoms with E-state index in [0.717, 1.165) is 0 Å². The lowest BCUT2D eigenvalue weighted by Gasteiger charge is -2.17. The number of aliphatic hydroxyl groups excluding tert-OH is 1. The Morgan fingerprint density at radius 3 is 2.77 bits per heavy atom. The monoisotopic (exact) mass is 187 g/mol. The van der Waals surface area contributed by atoms with Crippen LogP contribution in [0.4, 0.5) is 4.39 Å². The molecule has 0 aromatic carbocycles. The number of aliphatic hydroxyl groups is 1. The quantitative estimate of drug-likeness (QED) is 0.588. The third-order valence-electron chi connectivity index (χ3n) is 3.27. The molecule has 1 aliphatic carbocycles. The van der Waals surface area contributed by atoms with Gasteiger partial charge < -0.3 is 10.0 Å². The van der Waals surface area contributed by atoms with E-state index in [0.29, 0.717) is 19.5 Å². The number of nitrogens with zero attached hydrogens (tertiary/aromatic N) is 1. The Morgan fingerprint density at radius 2 is 2.23 bits per heavy atom. The lowest BCUT2D eigenvalue weighted by atomic mass is 9.99. The molecule has 2 fully saturated rings. The van der Waals surface area contributed by atoms with Crippen LogP contribution in [0.2, 0.25) is 0 Å². The fourth-order valence-corrected chi connectivity index (χ4v) is 2.49. The minimum absolute atomic E-state index is 0.0250. The van der Waals surface area contributed by atoms with Crippen LogP contribution in [-0.2, 0) is 4.79 Å².